The van der Waals surface area contributed by atoms with Gasteiger partial charge in [-0.1, -0.05) is 17.7 Å². The van der Waals surface area contributed by atoms with Crippen LogP contribution in [0.3, 0.4) is 0 Å². The van der Waals surface area contributed by atoms with Crippen molar-refractivity contribution >= 4 is 11.7 Å². The number of anilines is 1. The standard InChI is InChI=1S/C14H18N2O2/c1-11-5-7-12(8-6-11)16-14(2,10-15)9-3-4-13(17)18/h5-8,16H,3-4,9H2,1-2H3,(H,17,18). The monoisotopic (exact) mass is 246 g/mol. The number of nitrogens with zero attached hydrogens (tertiary/aromatic N) is 1. The van der Waals surface area contributed by atoms with Gasteiger partial charge in [0.25, 0.3) is 0 Å². The lowest BCUT2D eigenvalue weighted by Crippen LogP contribution is -2.32. The normalized spacial score (nSPS) is 13.4. The van der Waals surface area contributed by atoms with Crippen LogP contribution < -0.4 is 5.32 Å². The van der Waals surface area contributed by atoms with Gasteiger partial charge in [-0.25, -0.2) is 0 Å². The summed E-state index contributed by atoms with van der Waals surface area (Å²) in [7, 11) is 0. The van der Waals surface area contributed by atoms with Gasteiger partial charge in [0.15, 0.2) is 0 Å². The van der Waals surface area contributed by atoms with Gasteiger partial charge in [-0.05, 0) is 38.8 Å². The maximum Gasteiger partial charge on any atom is 0.303 e. The van der Waals surface area contributed by atoms with Crippen molar-refractivity contribution in [2.45, 2.75) is 38.6 Å². The molecular weight excluding hydrogens is 228 g/mol. The molecule has 0 fully saturated rings. The molecule has 0 radical (unpaired) electrons. The van der Waals surface area contributed by atoms with Crippen molar-refractivity contribution in [1.82, 2.24) is 0 Å². The molecular formula is C14H18N2O2. The van der Waals surface area contributed by atoms with Crippen LogP contribution >= 0.6 is 0 Å². The fourth-order valence-electron chi connectivity index (χ4n) is 1.69. The molecule has 0 saturated carbocycles. The van der Waals surface area contributed by atoms with E-state index in [0.29, 0.717) is 12.8 Å². The zero-order valence-electron chi connectivity index (χ0n) is 10.7. The maximum atomic E-state index is 10.5. The summed E-state index contributed by atoms with van der Waals surface area (Å²) in [6.07, 6.45) is 1.08. The van der Waals surface area contributed by atoms with E-state index in [9.17, 15) is 10.1 Å². The Balaban J connectivity index is 2.62. The molecule has 0 amide bonds. The molecule has 1 aromatic rings. The minimum absolute atomic E-state index is 0.0901. The van der Waals surface area contributed by atoms with Crippen molar-refractivity contribution in [3.8, 4) is 6.07 Å². The molecule has 1 atom stereocenters. The predicted octanol–water partition coefficient (Wildman–Crippen LogP) is 2.94. The Morgan fingerprint density at radius 2 is 2.06 bits per heavy atom. The van der Waals surface area contributed by atoms with Crippen LogP contribution in [-0.2, 0) is 4.79 Å². The lowest BCUT2D eigenvalue weighted by Gasteiger charge is -2.24. The Hall–Kier alpha value is -2.02. The highest BCUT2D eigenvalue weighted by atomic mass is 16.4. The molecule has 1 aromatic carbocycles. The smallest absolute Gasteiger partial charge is 0.303 e. The molecule has 4 heteroatoms. The minimum Gasteiger partial charge on any atom is -0.481 e. The zero-order chi connectivity index (χ0) is 13.6. The predicted molar refractivity (Wildman–Crippen MR) is 70.3 cm³/mol. The number of aliphatic carboxylic acids is 1. The van der Waals surface area contributed by atoms with Crippen molar-refractivity contribution in [3.05, 3.63) is 29.8 Å². The first-order valence-corrected chi connectivity index (χ1v) is 5.93. The lowest BCUT2D eigenvalue weighted by atomic mass is 9.96. The molecule has 0 aliphatic heterocycles. The van der Waals surface area contributed by atoms with Crippen molar-refractivity contribution in [3.63, 3.8) is 0 Å². The topological polar surface area (TPSA) is 73.1 Å². The summed E-state index contributed by atoms with van der Waals surface area (Å²) >= 11 is 0. The number of aryl methyl sites for hydroxylation is 1. The van der Waals surface area contributed by atoms with Crippen molar-refractivity contribution in [2.75, 3.05) is 5.32 Å². The third-order valence-electron chi connectivity index (χ3n) is 2.79. The van der Waals surface area contributed by atoms with E-state index in [2.05, 4.69) is 11.4 Å². The number of hydrogen-bond donors (Lipinski definition) is 2. The number of carboxylic acid groups (broad SMARTS) is 1. The Kier molecular flexibility index (Phi) is 4.73. The van der Waals surface area contributed by atoms with Crippen molar-refractivity contribution < 1.29 is 9.90 Å². The van der Waals surface area contributed by atoms with E-state index < -0.39 is 11.5 Å². The summed E-state index contributed by atoms with van der Waals surface area (Å²) in [5.41, 5.74) is 1.30. The molecule has 0 aromatic heterocycles. The minimum atomic E-state index is -0.828. The van der Waals surface area contributed by atoms with E-state index >= 15 is 0 Å². The second-order valence-electron chi connectivity index (χ2n) is 4.68. The first-order chi connectivity index (χ1) is 8.45. The van der Waals surface area contributed by atoms with Crippen molar-refractivity contribution in [1.29, 1.82) is 5.26 Å². The third-order valence-corrected chi connectivity index (χ3v) is 2.79. The van der Waals surface area contributed by atoms with Gasteiger partial charge in [-0.3, -0.25) is 4.79 Å². The Labute approximate surface area is 107 Å². The quantitative estimate of drug-likeness (QED) is 0.809. The summed E-state index contributed by atoms with van der Waals surface area (Å²) in [6.45, 7) is 3.79. The molecule has 0 saturated heterocycles. The van der Waals surface area contributed by atoms with Gasteiger partial charge in [0.05, 0.1) is 6.07 Å². The van der Waals surface area contributed by atoms with Gasteiger partial charge < -0.3 is 10.4 Å². The number of nitrogens with one attached hydrogen (secondary N) is 1. The molecule has 4 nitrogen and oxygen atoms in total. The van der Waals surface area contributed by atoms with Crippen molar-refractivity contribution in [2.24, 2.45) is 0 Å². The van der Waals surface area contributed by atoms with E-state index in [0.717, 1.165) is 11.3 Å². The number of rotatable bonds is 6. The van der Waals surface area contributed by atoms with Crippen LogP contribution in [-0.4, -0.2) is 16.6 Å². The summed E-state index contributed by atoms with van der Waals surface area (Å²) in [4.78, 5) is 10.5. The highest BCUT2D eigenvalue weighted by Crippen LogP contribution is 2.20. The maximum absolute atomic E-state index is 10.5. The third kappa shape index (κ3) is 4.46. The van der Waals surface area contributed by atoms with E-state index in [-0.39, 0.29) is 6.42 Å². The Morgan fingerprint density at radius 1 is 1.44 bits per heavy atom. The average Bonchev–Trinajstić information content (AvgIpc) is 2.32. The van der Waals surface area contributed by atoms with Crippen LogP contribution in [0.5, 0.6) is 0 Å². The van der Waals surface area contributed by atoms with E-state index in [1.807, 2.05) is 31.2 Å². The van der Waals surface area contributed by atoms with Crippen LogP contribution in [0, 0.1) is 18.3 Å². The Morgan fingerprint density at radius 3 is 2.56 bits per heavy atom. The Bertz CT molecular complexity index is 448. The fraction of sp³-hybridized carbons (Fsp3) is 0.429. The number of nitriles is 1. The zero-order valence-corrected chi connectivity index (χ0v) is 10.7. The molecule has 18 heavy (non-hydrogen) atoms. The number of carbonyl (C=O) groups is 1. The number of carboxylic acids is 1. The second-order valence-corrected chi connectivity index (χ2v) is 4.68. The van der Waals surface area contributed by atoms with Gasteiger partial charge in [0, 0.05) is 12.1 Å². The van der Waals surface area contributed by atoms with Gasteiger partial charge in [-0.15, -0.1) is 0 Å². The summed E-state index contributed by atoms with van der Waals surface area (Å²) in [5.74, 6) is -0.828. The van der Waals surface area contributed by atoms with Gasteiger partial charge in [-0.2, -0.15) is 5.26 Å². The molecule has 96 valence electrons. The molecule has 2 N–H and O–H groups in total. The second kappa shape index (κ2) is 6.06. The molecule has 1 unspecified atom stereocenters. The first-order valence-electron chi connectivity index (χ1n) is 5.93. The largest absolute Gasteiger partial charge is 0.481 e. The highest BCUT2D eigenvalue weighted by molar-refractivity contribution is 5.66. The summed E-state index contributed by atoms with van der Waals surface area (Å²) in [5, 5.41) is 21.0. The van der Waals surface area contributed by atoms with Crippen LogP contribution in [0.15, 0.2) is 24.3 Å². The SMILES string of the molecule is Cc1ccc(NC(C)(C#N)CCCC(=O)O)cc1. The highest BCUT2D eigenvalue weighted by Gasteiger charge is 2.23. The molecule has 0 aliphatic rings. The average molecular weight is 246 g/mol. The van der Waals surface area contributed by atoms with E-state index in [1.165, 1.54) is 0 Å². The van der Waals surface area contributed by atoms with Gasteiger partial charge in [0.1, 0.15) is 5.54 Å². The molecule has 0 aliphatic carbocycles. The van der Waals surface area contributed by atoms with Gasteiger partial charge in [0.2, 0.25) is 0 Å². The van der Waals surface area contributed by atoms with E-state index in [4.69, 9.17) is 5.11 Å². The fourth-order valence-corrected chi connectivity index (χ4v) is 1.69. The lowest BCUT2D eigenvalue weighted by molar-refractivity contribution is -0.137. The van der Waals surface area contributed by atoms with E-state index in [1.54, 1.807) is 6.92 Å². The first kappa shape index (κ1) is 14.0. The molecule has 0 spiro atoms. The van der Waals surface area contributed by atoms with Crippen LogP contribution in [0.2, 0.25) is 0 Å². The summed E-state index contributed by atoms with van der Waals surface area (Å²) in [6, 6.07) is 9.99. The van der Waals surface area contributed by atoms with Gasteiger partial charge >= 0.3 is 5.97 Å². The molecule has 0 bridgehead atoms. The molecule has 0 heterocycles. The number of hydrogen-bond acceptors (Lipinski definition) is 3. The van der Waals surface area contributed by atoms with Crippen LogP contribution in [0.1, 0.15) is 31.7 Å². The van der Waals surface area contributed by atoms with Crippen LogP contribution in [0.25, 0.3) is 0 Å². The van der Waals surface area contributed by atoms with Crippen LogP contribution in [0.4, 0.5) is 5.69 Å². The molecule has 1 rings (SSSR count). The summed E-state index contributed by atoms with van der Waals surface area (Å²) < 4.78 is 0. The number of benzene rings is 1.